The molecule has 0 unspecified atom stereocenters. The maximum atomic E-state index is 12.2. The predicted molar refractivity (Wildman–Crippen MR) is 86.5 cm³/mol. The molecule has 0 aliphatic carbocycles. The van der Waals surface area contributed by atoms with E-state index in [0.717, 1.165) is 5.56 Å². The Hall–Kier alpha value is -2.53. The molecule has 0 fully saturated rings. The fourth-order valence-corrected chi connectivity index (χ4v) is 2.30. The molecular formula is C17H16ClNO4. The smallest absolute Gasteiger partial charge is 0.328 e. The van der Waals surface area contributed by atoms with Crippen LogP contribution < -0.4 is 5.32 Å². The zero-order valence-electron chi connectivity index (χ0n) is 12.5. The van der Waals surface area contributed by atoms with E-state index >= 15 is 0 Å². The lowest BCUT2D eigenvalue weighted by atomic mass is 10.1. The van der Waals surface area contributed by atoms with Gasteiger partial charge in [0.15, 0.2) is 0 Å². The van der Waals surface area contributed by atoms with Gasteiger partial charge in [-0.2, -0.15) is 0 Å². The van der Waals surface area contributed by atoms with Crippen LogP contribution in [0.2, 0.25) is 5.02 Å². The monoisotopic (exact) mass is 333 g/mol. The number of rotatable bonds is 5. The predicted octanol–water partition coefficient (Wildman–Crippen LogP) is 2.56. The SMILES string of the molecule is COC(=O)[C@H](Cc1cccc(Cl)c1)NC(=O)c1ccc(O)cc1. The molecule has 0 bridgehead atoms. The van der Waals surface area contributed by atoms with Crippen molar-refractivity contribution in [2.45, 2.75) is 12.5 Å². The molecular weight excluding hydrogens is 318 g/mol. The van der Waals surface area contributed by atoms with Crippen LogP contribution in [0, 0.1) is 0 Å². The van der Waals surface area contributed by atoms with E-state index in [9.17, 15) is 14.7 Å². The van der Waals surface area contributed by atoms with Gasteiger partial charge in [-0.25, -0.2) is 4.79 Å². The lowest BCUT2D eigenvalue weighted by Gasteiger charge is -2.17. The van der Waals surface area contributed by atoms with E-state index in [1.54, 1.807) is 18.2 Å². The standard InChI is InChI=1S/C17H16ClNO4/c1-23-17(22)15(10-11-3-2-4-13(18)9-11)19-16(21)12-5-7-14(20)8-6-12/h2-9,15,20H,10H2,1H3,(H,19,21)/t15-/m0/s1. The van der Waals surface area contributed by atoms with Gasteiger partial charge in [-0.3, -0.25) is 4.79 Å². The van der Waals surface area contributed by atoms with E-state index in [2.05, 4.69) is 5.32 Å². The molecule has 5 nitrogen and oxygen atoms in total. The average molecular weight is 334 g/mol. The van der Waals surface area contributed by atoms with Gasteiger partial charge in [0.25, 0.3) is 5.91 Å². The summed E-state index contributed by atoms with van der Waals surface area (Å²) in [5.74, 6) is -0.912. The van der Waals surface area contributed by atoms with E-state index in [-0.39, 0.29) is 12.2 Å². The molecule has 0 radical (unpaired) electrons. The fraction of sp³-hybridized carbons (Fsp3) is 0.176. The maximum absolute atomic E-state index is 12.2. The van der Waals surface area contributed by atoms with Crippen molar-refractivity contribution >= 4 is 23.5 Å². The van der Waals surface area contributed by atoms with E-state index in [1.165, 1.54) is 31.4 Å². The van der Waals surface area contributed by atoms with Gasteiger partial charge in [0.1, 0.15) is 11.8 Å². The first-order chi connectivity index (χ1) is 11.0. The van der Waals surface area contributed by atoms with Crippen molar-refractivity contribution in [1.82, 2.24) is 5.32 Å². The molecule has 2 rings (SSSR count). The van der Waals surface area contributed by atoms with Crippen LogP contribution in [0.3, 0.4) is 0 Å². The van der Waals surface area contributed by atoms with Crippen LogP contribution in [0.25, 0.3) is 0 Å². The molecule has 0 aliphatic heterocycles. The number of carbonyl (C=O) groups excluding carboxylic acids is 2. The van der Waals surface area contributed by atoms with Gasteiger partial charge in [-0.15, -0.1) is 0 Å². The normalized spacial score (nSPS) is 11.6. The summed E-state index contributed by atoms with van der Waals surface area (Å²) in [5, 5.41) is 12.4. The minimum absolute atomic E-state index is 0.0602. The first-order valence-corrected chi connectivity index (χ1v) is 7.29. The quantitative estimate of drug-likeness (QED) is 0.825. The van der Waals surface area contributed by atoms with E-state index in [1.807, 2.05) is 6.07 Å². The summed E-state index contributed by atoms with van der Waals surface area (Å²) in [7, 11) is 1.26. The molecule has 1 amide bonds. The molecule has 2 N–H and O–H groups in total. The van der Waals surface area contributed by atoms with E-state index in [0.29, 0.717) is 10.6 Å². The minimum Gasteiger partial charge on any atom is -0.508 e. The van der Waals surface area contributed by atoms with Crippen molar-refractivity contribution in [3.63, 3.8) is 0 Å². The highest BCUT2D eigenvalue weighted by atomic mass is 35.5. The highest BCUT2D eigenvalue weighted by Gasteiger charge is 2.22. The van der Waals surface area contributed by atoms with Crippen LogP contribution in [0.4, 0.5) is 0 Å². The molecule has 0 aliphatic rings. The van der Waals surface area contributed by atoms with Crippen molar-refractivity contribution in [2.24, 2.45) is 0 Å². The molecule has 0 aromatic heterocycles. The number of benzene rings is 2. The van der Waals surface area contributed by atoms with Crippen LogP contribution in [-0.2, 0) is 16.0 Å². The van der Waals surface area contributed by atoms with Crippen molar-refractivity contribution in [3.05, 3.63) is 64.7 Å². The minimum atomic E-state index is -0.834. The summed E-state index contributed by atoms with van der Waals surface area (Å²) in [6, 6.07) is 12.0. The number of phenols is 1. The molecule has 120 valence electrons. The molecule has 2 aromatic rings. The van der Waals surface area contributed by atoms with Gasteiger partial charge >= 0.3 is 5.97 Å². The first-order valence-electron chi connectivity index (χ1n) is 6.92. The van der Waals surface area contributed by atoms with Crippen LogP contribution in [0.5, 0.6) is 5.75 Å². The average Bonchev–Trinajstić information content (AvgIpc) is 2.54. The van der Waals surface area contributed by atoms with E-state index < -0.39 is 17.9 Å². The van der Waals surface area contributed by atoms with Gasteiger partial charge in [0.05, 0.1) is 7.11 Å². The molecule has 6 heteroatoms. The third-order valence-corrected chi connectivity index (χ3v) is 3.48. The molecule has 0 saturated heterocycles. The Morgan fingerprint density at radius 1 is 1.22 bits per heavy atom. The van der Waals surface area contributed by atoms with Crippen LogP contribution in [-0.4, -0.2) is 30.1 Å². The Labute approximate surface area is 138 Å². The fourth-order valence-electron chi connectivity index (χ4n) is 2.09. The molecule has 23 heavy (non-hydrogen) atoms. The molecule has 0 heterocycles. The zero-order chi connectivity index (χ0) is 16.8. The van der Waals surface area contributed by atoms with Gasteiger partial charge in [-0.1, -0.05) is 23.7 Å². The number of esters is 1. The Morgan fingerprint density at radius 2 is 1.91 bits per heavy atom. The summed E-state index contributed by atoms with van der Waals surface area (Å²) >= 11 is 5.93. The molecule has 1 atom stereocenters. The first kappa shape index (κ1) is 16.8. The van der Waals surface area contributed by atoms with Crippen LogP contribution >= 0.6 is 11.6 Å². The van der Waals surface area contributed by atoms with Gasteiger partial charge in [0.2, 0.25) is 0 Å². The number of phenolic OH excluding ortho intramolecular Hbond substituents is 1. The zero-order valence-corrected chi connectivity index (χ0v) is 13.2. The highest BCUT2D eigenvalue weighted by molar-refractivity contribution is 6.30. The second-order valence-electron chi connectivity index (χ2n) is 4.93. The molecule has 2 aromatic carbocycles. The van der Waals surface area contributed by atoms with Crippen molar-refractivity contribution < 1.29 is 19.4 Å². The Morgan fingerprint density at radius 3 is 2.52 bits per heavy atom. The van der Waals surface area contributed by atoms with Crippen LogP contribution in [0.15, 0.2) is 48.5 Å². The second-order valence-corrected chi connectivity index (χ2v) is 5.37. The molecule has 0 spiro atoms. The summed E-state index contributed by atoms with van der Waals surface area (Å²) in [6.45, 7) is 0. The van der Waals surface area contributed by atoms with Gasteiger partial charge < -0.3 is 15.2 Å². The Balaban J connectivity index is 2.13. The van der Waals surface area contributed by atoms with Crippen LogP contribution in [0.1, 0.15) is 15.9 Å². The number of nitrogens with one attached hydrogen (secondary N) is 1. The summed E-state index contributed by atoms with van der Waals surface area (Å²) in [5.41, 5.74) is 1.14. The number of carbonyl (C=O) groups is 2. The Bertz CT molecular complexity index is 700. The molecule has 0 saturated carbocycles. The van der Waals surface area contributed by atoms with Crippen molar-refractivity contribution in [3.8, 4) is 5.75 Å². The Kier molecular flexibility index (Phi) is 5.60. The maximum Gasteiger partial charge on any atom is 0.328 e. The topological polar surface area (TPSA) is 75.6 Å². The van der Waals surface area contributed by atoms with Crippen molar-refractivity contribution in [2.75, 3.05) is 7.11 Å². The third-order valence-electron chi connectivity index (χ3n) is 3.25. The van der Waals surface area contributed by atoms with Crippen molar-refractivity contribution in [1.29, 1.82) is 0 Å². The second kappa shape index (κ2) is 7.65. The van der Waals surface area contributed by atoms with Gasteiger partial charge in [0, 0.05) is 17.0 Å². The lowest BCUT2D eigenvalue weighted by Crippen LogP contribution is -2.43. The number of halogens is 1. The summed E-state index contributed by atoms with van der Waals surface area (Å²) < 4.78 is 4.74. The number of hydrogen-bond acceptors (Lipinski definition) is 4. The lowest BCUT2D eigenvalue weighted by molar-refractivity contribution is -0.142. The highest BCUT2D eigenvalue weighted by Crippen LogP contribution is 2.14. The summed E-state index contributed by atoms with van der Waals surface area (Å²) in [6.07, 6.45) is 0.261. The number of hydrogen-bond donors (Lipinski definition) is 2. The van der Waals surface area contributed by atoms with E-state index in [4.69, 9.17) is 16.3 Å². The van der Waals surface area contributed by atoms with Gasteiger partial charge in [-0.05, 0) is 42.0 Å². The number of aromatic hydroxyl groups is 1. The third kappa shape index (κ3) is 4.72. The number of ether oxygens (including phenoxy) is 1. The number of amides is 1. The summed E-state index contributed by atoms with van der Waals surface area (Å²) in [4.78, 5) is 24.1. The largest absolute Gasteiger partial charge is 0.508 e. The number of methoxy groups -OCH3 is 1.